The highest BCUT2D eigenvalue weighted by Gasteiger charge is 2.43. The fraction of sp³-hybridized carbons (Fsp3) is 0.333. The summed E-state index contributed by atoms with van der Waals surface area (Å²) in [6.07, 6.45) is 1.40. The third-order valence-electron chi connectivity index (χ3n) is 6.02. The molecule has 2 aliphatic rings. The lowest BCUT2D eigenvalue weighted by Gasteiger charge is -2.37. The SMILES string of the molecule is Cc1nnc(N2CCC(N3c4ccccc4N(C)S3(=O)=O)CC2)n1-c1ccc(Cl)cc1. The van der Waals surface area contributed by atoms with Gasteiger partial charge in [0.15, 0.2) is 0 Å². The van der Waals surface area contributed by atoms with Crippen molar-refractivity contribution in [3.05, 3.63) is 59.4 Å². The van der Waals surface area contributed by atoms with E-state index in [1.165, 1.54) is 4.31 Å². The number of hydrogen-bond acceptors (Lipinski definition) is 5. The summed E-state index contributed by atoms with van der Waals surface area (Å²) in [4.78, 5) is 2.17. The van der Waals surface area contributed by atoms with Crippen LogP contribution < -0.4 is 13.5 Å². The van der Waals surface area contributed by atoms with Gasteiger partial charge in [-0.3, -0.25) is 8.87 Å². The molecule has 0 amide bonds. The molecule has 5 rings (SSSR count). The molecule has 2 aliphatic heterocycles. The molecule has 0 saturated carbocycles. The number of fused-ring (bicyclic) bond motifs is 1. The smallest absolute Gasteiger partial charge is 0.326 e. The number of nitrogens with zero attached hydrogens (tertiary/aromatic N) is 6. The average Bonchev–Trinajstić information content (AvgIpc) is 3.24. The van der Waals surface area contributed by atoms with Crippen molar-refractivity contribution >= 4 is 39.1 Å². The predicted molar refractivity (Wildman–Crippen MR) is 123 cm³/mol. The van der Waals surface area contributed by atoms with Crippen LogP contribution in [0.1, 0.15) is 18.7 Å². The van der Waals surface area contributed by atoms with Crippen molar-refractivity contribution in [3.63, 3.8) is 0 Å². The van der Waals surface area contributed by atoms with Crippen molar-refractivity contribution in [1.29, 1.82) is 0 Å². The fourth-order valence-electron chi connectivity index (χ4n) is 4.43. The molecular formula is C21H23ClN6O2S. The molecule has 2 aromatic carbocycles. The number of aromatic nitrogens is 3. The minimum absolute atomic E-state index is 0.0969. The van der Waals surface area contributed by atoms with Crippen LogP contribution in [0.4, 0.5) is 17.3 Å². The number of halogens is 1. The zero-order valence-electron chi connectivity index (χ0n) is 17.3. The maximum absolute atomic E-state index is 13.1. The summed E-state index contributed by atoms with van der Waals surface area (Å²) in [7, 11) is -1.94. The lowest BCUT2D eigenvalue weighted by atomic mass is 10.0. The van der Waals surface area contributed by atoms with Gasteiger partial charge in [-0.1, -0.05) is 23.7 Å². The van der Waals surface area contributed by atoms with Crippen LogP contribution in [0.2, 0.25) is 5.02 Å². The first-order valence-corrected chi connectivity index (χ1v) is 12.0. The van der Waals surface area contributed by atoms with Gasteiger partial charge in [-0.25, -0.2) is 4.31 Å². The second kappa shape index (κ2) is 7.42. The molecule has 8 nitrogen and oxygen atoms in total. The number of rotatable bonds is 3. The van der Waals surface area contributed by atoms with Gasteiger partial charge in [0.2, 0.25) is 5.95 Å². The van der Waals surface area contributed by atoms with Gasteiger partial charge >= 0.3 is 10.2 Å². The quantitative estimate of drug-likeness (QED) is 0.601. The van der Waals surface area contributed by atoms with Gasteiger partial charge in [0, 0.05) is 25.2 Å². The van der Waals surface area contributed by atoms with Crippen LogP contribution >= 0.6 is 11.6 Å². The fourth-order valence-corrected chi connectivity index (χ4v) is 6.21. The zero-order valence-corrected chi connectivity index (χ0v) is 18.9. The van der Waals surface area contributed by atoms with E-state index in [4.69, 9.17) is 11.6 Å². The summed E-state index contributed by atoms with van der Waals surface area (Å²) in [6, 6.07) is 15.0. The number of para-hydroxylation sites is 2. The summed E-state index contributed by atoms with van der Waals surface area (Å²) in [6.45, 7) is 3.30. The summed E-state index contributed by atoms with van der Waals surface area (Å²) in [5, 5.41) is 9.35. The van der Waals surface area contributed by atoms with Crippen LogP contribution in [0, 0.1) is 6.92 Å². The number of benzene rings is 2. The van der Waals surface area contributed by atoms with E-state index in [0.29, 0.717) is 31.0 Å². The van der Waals surface area contributed by atoms with Crippen molar-refractivity contribution in [2.45, 2.75) is 25.8 Å². The Balaban J connectivity index is 1.39. The molecule has 0 aliphatic carbocycles. The van der Waals surface area contributed by atoms with Gasteiger partial charge in [0.1, 0.15) is 5.82 Å². The van der Waals surface area contributed by atoms with E-state index in [-0.39, 0.29) is 6.04 Å². The molecule has 0 radical (unpaired) electrons. The summed E-state index contributed by atoms with van der Waals surface area (Å²) < 4.78 is 31.1. The first-order valence-electron chi connectivity index (χ1n) is 10.2. The summed E-state index contributed by atoms with van der Waals surface area (Å²) in [5.74, 6) is 1.55. The van der Waals surface area contributed by atoms with E-state index in [0.717, 1.165) is 28.8 Å². The second-order valence-corrected chi connectivity index (χ2v) is 10.1. The van der Waals surface area contributed by atoms with Gasteiger partial charge in [0.05, 0.1) is 23.1 Å². The Morgan fingerprint density at radius 3 is 2.29 bits per heavy atom. The number of aryl methyl sites for hydroxylation is 1. The van der Waals surface area contributed by atoms with E-state index in [2.05, 4.69) is 15.1 Å². The van der Waals surface area contributed by atoms with E-state index >= 15 is 0 Å². The highest BCUT2D eigenvalue weighted by atomic mass is 35.5. The molecule has 0 N–H and O–H groups in total. The van der Waals surface area contributed by atoms with Gasteiger partial charge < -0.3 is 4.90 Å². The molecule has 0 atom stereocenters. The molecule has 3 aromatic rings. The first-order chi connectivity index (χ1) is 14.9. The number of anilines is 3. The minimum atomic E-state index is -3.56. The molecule has 0 bridgehead atoms. The monoisotopic (exact) mass is 458 g/mol. The molecule has 0 unspecified atom stereocenters. The minimum Gasteiger partial charge on any atom is -0.340 e. The van der Waals surface area contributed by atoms with Crippen LogP contribution in [0.15, 0.2) is 48.5 Å². The topological polar surface area (TPSA) is 74.6 Å². The molecule has 31 heavy (non-hydrogen) atoms. The van der Waals surface area contributed by atoms with Crippen LogP contribution in [0.5, 0.6) is 0 Å². The molecule has 10 heteroatoms. The van der Waals surface area contributed by atoms with Crippen LogP contribution in [0.25, 0.3) is 5.69 Å². The highest BCUT2D eigenvalue weighted by molar-refractivity contribution is 7.94. The van der Waals surface area contributed by atoms with Crippen molar-refractivity contribution in [2.75, 3.05) is 33.6 Å². The normalized spacial score (nSPS) is 18.5. The predicted octanol–water partition coefficient (Wildman–Crippen LogP) is 3.40. The molecule has 3 heterocycles. The van der Waals surface area contributed by atoms with Gasteiger partial charge in [0.25, 0.3) is 0 Å². The maximum atomic E-state index is 13.1. The maximum Gasteiger partial charge on any atom is 0.326 e. The molecule has 1 saturated heterocycles. The van der Waals surface area contributed by atoms with Crippen molar-refractivity contribution in [3.8, 4) is 5.69 Å². The van der Waals surface area contributed by atoms with Crippen LogP contribution in [0.3, 0.4) is 0 Å². The summed E-state index contributed by atoms with van der Waals surface area (Å²) >= 11 is 6.04. The standard InChI is InChI=1S/C21H23ClN6O2S/c1-15-23-24-21(27(15)17-9-7-16(22)8-10-17)26-13-11-18(12-14-26)28-20-6-4-3-5-19(20)25(2)31(28,29)30/h3-10,18H,11-14H2,1-2H3. The van der Waals surface area contributed by atoms with Crippen molar-refractivity contribution < 1.29 is 8.42 Å². The first kappa shape index (κ1) is 20.1. The van der Waals surface area contributed by atoms with Crippen molar-refractivity contribution in [1.82, 2.24) is 14.8 Å². The zero-order chi connectivity index (χ0) is 21.8. The summed E-state index contributed by atoms with van der Waals surface area (Å²) in [5.41, 5.74) is 2.42. The second-order valence-electron chi connectivity index (χ2n) is 7.84. The molecular weight excluding hydrogens is 436 g/mol. The van der Waals surface area contributed by atoms with E-state index < -0.39 is 10.2 Å². The Bertz CT molecular complexity index is 1220. The van der Waals surface area contributed by atoms with Crippen LogP contribution in [-0.4, -0.2) is 49.4 Å². The van der Waals surface area contributed by atoms with Crippen LogP contribution in [-0.2, 0) is 10.2 Å². The largest absolute Gasteiger partial charge is 0.340 e. The Labute approximate surface area is 186 Å². The lowest BCUT2D eigenvalue weighted by Crippen LogP contribution is -2.49. The Morgan fingerprint density at radius 1 is 0.968 bits per heavy atom. The molecule has 162 valence electrons. The lowest BCUT2D eigenvalue weighted by molar-refractivity contribution is 0.487. The Hall–Kier alpha value is -2.78. The van der Waals surface area contributed by atoms with Gasteiger partial charge in [-0.2, -0.15) is 8.42 Å². The van der Waals surface area contributed by atoms with E-state index in [1.54, 1.807) is 11.4 Å². The highest BCUT2D eigenvalue weighted by Crippen LogP contribution is 2.42. The van der Waals surface area contributed by atoms with Gasteiger partial charge in [-0.05, 0) is 56.2 Å². The molecule has 0 spiro atoms. The van der Waals surface area contributed by atoms with Crippen molar-refractivity contribution in [2.24, 2.45) is 0 Å². The Morgan fingerprint density at radius 2 is 1.61 bits per heavy atom. The van der Waals surface area contributed by atoms with E-state index in [1.807, 2.05) is 60.0 Å². The third-order valence-corrected chi connectivity index (χ3v) is 8.16. The molecule has 1 aromatic heterocycles. The van der Waals surface area contributed by atoms with E-state index in [9.17, 15) is 8.42 Å². The Kier molecular flexibility index (Phi) is 4.82. The van der Waals surface area contributed by atoms with Gasteiger partial charge in [-0.15, -0.1) is 10.2 Å². The number of piperidine rings is 1. The number of hydrogen-bond donors (Lipinski definition) is 0. The average molecular weight is 459 g/mol. The third kappa shape index (κ3) is 3.23. The molecule has 1 fully saturated rings.